The third-order valence-corrected chi connectivity index (χ3v) is 3.38. The molecule has 0 saturated heterocycles. The van der Waals surface area contributed by atoms with Gasteiger partial charge in [-0.3, -0.25) is 4.79 Å². The highest BCUT2D eigenvalue weighted by molar-refractivity contribution is 6.04. The van der Waals surface area contributed by atoms with Crippen molar-refractivity contribution in [3.8, 4) is 0 Å². The van der Waals surface area contributed by atoms with Crippen LogP contribution in [0.15, 0.2) is 54.6 Å². The minimum absolute atomic E-state index is 0.104. The molecule has 3 rings (SSSR count). The number of hydrogen-bond acceptors (Lipinski definition) is 4. The summed E-state index contributed by atoms with van der Waals surface area (Å²) in [6.45, 7) is 0.543. The third-order valence-electron chi connectivity index (χ3n) is 3.38. The third kappa shape index (κ3) is 3.03. The van der Waals surface area contributed by atoms with E-state index < -0.39 is 0 Å². The molecule has 0 aliphatic heterocycles. The lowest BCUT2D eigenvalue weighted by Gasteiger charge is -2.08. The van der Waals surface area contributed by atoms with Crippen molar-refractivity contribution >= 4 is 22.8 Å². The molecule has 0 aliphatic rings. The van der Waals surface area contributed by atoms with E-state index in [-0.39, 0.29) is 11.9 Å². The lowest BCUT2D eigenvalue weighted by Crippen LogP contribution is -2.27. The van der Waals surface area contributed by atoms with Crippen molar-refractivity contribution in [1.82, 2.24) is 15.3 Å². The Bertz CT molecular complexity index is 802. The molecule has 0 bridgehead atoms. The molecule has 1 amide bonds. The molecule has 1 aromatic heterocycles. The molecule has 0 fully saturated rings. The molecule has 5 heteroatoms. The molecule has 1 heterocycles. The molecule has 2 aromatic carbocycles. The summed E-state index contributed by atoms with van der Waals surface area (Å²) >= 11 is 0. The van der Waals surface area contributed by atoms with Crippen molar-refractivity contribution in [3.05, 3.63) is 65.9 Å². The number of hydrogen-bond donors (Lipinski definition) is 2. The number of nitrogens with two attached hydrogens (primary N) is 1. The van der Waals surface area contributed by atoms with Crippen LogP contribution in [0.4, 0.5) is 5.95 Å². The smallest absolute Gasteiger partial charge is 0.270 e. The van der Waals surface area contributed by atoms with Gasteiger partial charge < -0.3 is 11.1 Å². The summed E-state index contributed by atoms with van der Waals surface area (Å²) in [5, 5.41) is 3.58. The van der Waals surface area contributed by atoms with E-state index in [1.165, 1.54) is 5.56 Å². The number of carbonyl (C=O) groups is 1. The van der Waals surface area contributed by atoms with Gasteiger partial charge in [0, 0.05) is 11.9 Å². The van der Waals surface area contributed by atoms with Gasteiger partial charge in [0.2, 0.25) is 5.95 Å². The van der Waals surface area contributed by atoms with E-state index in [1.807, 2.05) is 54.6 Å². The topological polar surface area (TPSA) is 80.9 Å². The summed E-state index contributed by atoms with van der Waals surface area (Å²) in [5.41, 5.74) is 7.84. The molecule has 0 aliphatic carbocycles. The number of rotatable bonds is 4. The fourth-order valence-electron chi connectivity index (χ4n) is 2.32. The van der Waals surface area contributed by atoms with Gasteiger partial charge in [-0.15, -0.1) is 0 Å². The Labute approximate surface area is 128 Å². The molecule has 110 valence electrons. The van der Waals surface area contributed by atoms with Crippen LogP contribution in [0.5, 0.6) is 0 Å². The van der Waals surface area contributed by atoms with Crippen LogP contribution in [0.1, 0.15) is 16.1 Å². The zero-order valence-electron chi connectivity index (χ0n) is 12.0. The van der Waals surface area contributed by atoms with Crippen LogP contribution in [0, 0.1) is 0 Å². The van der Waals surface area contributed by atoms with Gasteiger partial charge in [-0.1, -0.05) is 48.5 Å². The lowest BCUT2D eigenvalue weighted by molar-refractivity contribution is 0.0951. The van der Waals surface area contributed by atoms with Gasteiger partial charge >= 0.3 is 0 Å². The molecular formula is C17H16N4O. The molecule has 3 aromatic rings. The molecule has 0 radical (unpaired) electrons. The van der Waals surface area contributed by atoms with Gasteiger partial charge in [-0.25, -0.2) is 9.97 Å². The minimum Gasteiger partial charge on any atom is -0.368 e. The van der Waals surface area contributed by atoms with Gasteiger partial charge in [0.25, 0.3) is 5.91 Å². The average Bonchev–Trinajstić information content (AvgIpc) is 2.55. The van der Waals surface area contributed by atoms with E-state index in [1.54, 1.807) is 0 Å². The first-order valence-corrected chi connectivity index (χ1v) is 7.08. The highest BCUT2D eigenvalue weighted by Crippen LogP contribution is 2.16. The highest BCUT2D eigenvalue weighted by atomic mass is 16.1. The number of anilines is 1. The van der Waals surface area contributed by atoms with E-state index in [0.717, 1.165) is 6.42 Å². The Morgan fingerprint density at radius 2 is 1.73 bits per heavy atom. The summed E-state index contributed by atoms with van der Waals surface area (Å²) in [6, 6.07) is 17.3. The minimum atomic E-state index is -0.235. The van der Waals surface area contributed by atoms with Gasteiger partial charge in [-0.2, -0.15) is 0 Å². The Morgan fingerprint density at radius 3 is 2.55 bits per heavy atom. The van der Waals surface area contributed by atoms with Crippen molar-refractivity contribution in [3.63, 3.8) is 0 Å². The number of carbonyl (C=O) groups excluding carboxylic acids is 1. The largest absolute Gasteiger partial charge is 0.368 e. The van der Waals surface area contributed by atoms with Crippen LogP contribution < -0.4 is 11.1 Å². The van der Waals surface area contributed by atoms with E-state index in [4.69, 9.17) is 5.73 Å². The fourth-order valence-corrected chi connectivity index (χ4v) is 2.32. The van der Waals surface area contributed by atoms with Gasteiger partial charge in [0.15, 0.2) is 0 Å². The standard InChI is InChI=1S/C17H16N4O/c18-17-20-14-9-5-4-8-13(14)15(21-17)16(22)19-11-10-12-6-2-1-3-7-12/h1-9H,10-11H2,(H,19,22)(H2,18,20,21). The number of benzene rings is 2. The number of nitrogens with one attached hydrogen (secondary N) is 1. The quantitative estimate of drug-likeness (QED) is 0.772. The van der Waals surface area contributed by atoms with Gasteiger partial charge in [0.1, 0.15) is 5.69 Å². The van der Waals surface area contributed by atoms with Crippen LogP contribution in [0.3, 0.4) is 0 Å². The summed E-state index contributed by atoms with van der Waals surface area (Å²) in [7, 11) is 0. The maximum absolute atomic E-state index is 12.3. The van der Waals surface area contributed by atoms with Crippen molar-refractivity contribution in [2.45, 2.75) is 6.42 Å². The van der Waals surface area contributed by atoms with Crippen LogP contribution in [-0.4, -0.2) is 22.4 Å². The van der Waals surface area contributed by atoms with Crippen LogP contribution in [0.25, 0.3) is 10.9 Å². The summed E-state index contributed by atoms with van der Waals surface area (Å²) in [4.78, 5) is 20.6. The number of fused-ring (bicyclic) bond motifs is 1. The fraction of sp³-hybridized carbons (Fsp3) is 0.118. The second kappa shape index (κ2) is 6.22. The van der Waals surface area contributed by atoms with E-state index >= 15 is 0 Å². The summed E-state index contributed by atoms with van der Waals surface area (Å²) < 4.78 is 0. The lowest BCUT2D eigenvalue weighted by atomic mass is 10.1. The van der Waals surface area contributed by atoms with E-state index in [9.17, 15) is 4.79 Å². The van der Waals surface area contributed by atoms with Crippen molar-refractivity contribution in [1.29, 1.82) is 0 Å². The zero-order chi connectivity index (χ0) is 15.4. The highest BCUT2D eigenvalue weighted by Gasteiger charge is 2.13. The second-order valence-corrected chi connectivity index (χ2v) is 4.94. The Balaban J connectivity index is 1.75. The first kappa shape index (κ1) is 14.0. The van der Waals surface area contributed by atoms with Crippen LogP contribution in [-0.2, 0) is 6.42 Å². The van der Waals surface area contributed by atoms with Gasteiger partial charge in [0.05, 0.1) is 5.52 Å². The Hall–Kier alpha value is -2.95. The van der Waals surface area contributed by atoms with Crippen molar-refractivity contribution in [2.75, 3.05) is 12.3 Å². The number of nitrogens with zero attached hydrogens (tertiary/aromatic N) is 2. The monoisotopic (exact) mass is 292 g/mol. The number of para-hydroxylation sites is 1. The second-order valence-electron chi connectivity index (χ2n) is 4.94. The Kier molecular flexibility index (Phi) is 3.96. The molecule has 0 spiro atoms. The molecular weight excluding hydrogens is 276 g/mol. The number of amides is 1. The summed E-state index contributed by atoms with van der Waals surface area (Å²) in [5.74, 6) is -0.131. The predicted octanol–water partition coefficient (Wildman–Crippen LogP) is 2.18. The molecule has 5 nitrogen and oxygen atoms in total. The molecule has 0 unspecified atom stereocenters. The molecule has 3 N–H and O–H groups in total. The number of aromatic nitrogens is 2. The number of nitrogen functional groups attached to an aromatic ring is 1. The average molecular weight is 292 g/mol. The van der Waals surface area contributed by atoms with Gasteiger partial charge in [-0.05, 0) is 18.1 Å². The normalized spacial score (nSPS) is 10.5. The molecule has 22 heavy (non-hydrogen) atoms. The maximum Gasteiger partial charge on any atom is 0.270 e. The molecule has 0 saturated carbocycles. The first-order valence-electron chi connectivity index (χ1n) is 7.08. The Morgan fingerprint density at radius 1 is 1.00 bits per heavy atom. The van der Waals surface area contributed by atoms with E-state index in [2.05, 4.69) is 15.3 Å². The SMILES string of the molecule is Nc1nc(C(=O)NCCc2ccccc2)c2ccccc2n1. The van der Waals surface area contributed by atoms with Crippen molar-refractivity contribution in [2.24, 2.45) is 0 Å². The van der Waals surface area contributed by atoms with Crippen molar-refractivity contribution < 1.29 is 4.79 Å². The van der Waals surface area contributed by atoms with Crippen LogP contribution >= 0.6 is 0 Å². The van der Waals surface area contributed by atoms with E-state index in [0.29, 0.717) is 23.1 Å². The molecule has 0 atom stereocenters. The zero-order valence-corrected chi connectivity index (χ0v) is 12.0. The van der Waals surface area contributed by atoms with Crippen LogP contribution in [0.2, 0.25) is 0 Å². The first-order chi connectivity index (χ1) is 10.7. The maximum atomic E-state index is 12.3. The predicted molar refractivity (Wildman–Crippen MR) is 86.4 cm³/mol. The summed E-state index contributed by atoms with van der Waals surface area (Å²) in [6.07, 6.45) is 0.769.